The SMILES string of the molecule is Cc1ccc(/C=C(\NC(=O)c2ccccc2)C(=O)Nc2ccc(SCC(=O)N3CCc4ccccc43)cc2)cc1. The van der Waals surface area contributed by atoms with E-state index in [-0.39, 0.29) is 17.5 Å². The Hall–Kier alpha value is -4.62. The van der Waals surface area contributed by atoms with Crippen LogP contribution >= 0.6 is 11.8 Å². The molecule has 0 bridgehead atoms. The molecule has 0 spiro atoms. The van der Waals surface area contributed by atoms with E-state index in [1.54, 1.807) is 42.5 Å². The molecule has 1 aliphatic heterocycles. The van der Waals surface area contributed by atoms with Gasteiger partial charge in [-0.05, 0) is 73.0 Å². The molecule has 2 N–H and O–H groups in total. The molecule has 4 aromatic rings. The Morgan fingerprint density at radius 1 is 0.850 bits per heavy atom. The van der Waals surface area contributed by atoms with E-state index < -0.39 is 5.91 Å². The highest BCUT2D eigenvalue weighted by Gasteiger charge is 2.24. The number of amides is 3. The van der Waals surface area contributed by atoms with Gasteiger partial charge in [0.05, 0.1) is 5.75 Å². The zero-order chi connectivity index (χ0) is 27.9. The number of fused-ring (bicyclic) bond motifs is 1. The van der Waals surface area contributed by atoms with E-state index in [0.29, 0.717) is 23.5 Å². The van der Waals surface area contributed by atoms with Gasteiger partial charge >= 0.3 is 0 Å². The Balaban J connectivity index is 1.23. The number of aryl methyl sites for hydroxylation is 1. The summed E-state index contributed by atoms with van der Waals surface area (Å²) in [5, 5.41) is 5.63. The molecule has 7 heteroatoms. The van der Waals surface area contributed by atoms with Crippen molar-refractivity contribution in [3.63, 3.8) is 0 Å². The normalized spacial score (nSPS) is 12.5. The van der Waals surface area contributed by atoms with Crippen molar-refractivity contribution >= 4 is 46.9 Å². The maximum Gasteiger partial charge on any atom is 0.272 e. The van der Waals surface area contributed by atoms with E-state index in [2.05, 4.69) is 16.7 Å². The molecule has 6 nitrogen and oxygen atoms in total. The highest BCUT2D eigenvalue weighted by atomic mass is 32.2. The number of hydrogen-bond donors (Lipinski definition) is 2. The second-order valence-corrected chi connectivity index (χ2v) is 10.5. The second kappa shape index (κ2) is 12.5. The molecule has 5 rings (SSSR count). The largest absolute Gasteiger partial charge is 0.321 e. The third kappa shape index (κ3) is 6.68. The van der Waals surface area contributed by atoms with Crippen molar-refractivity contribution in [1.82, 2.24) is 5.32 Å². The van der Waals surface area contributed by atoms with Gasteiger partial charge in [-0.1, -0.05) is 66.2 Å². The number of nitrogens with one attached hydrogen (secondary N) is 2. The first-order chi connectivity index (χ1) is 19.5. The second-order valence-electron chi connectivity index (χ2n) is 9.48. The zero-order valence-corrected chi connectivity index (χ0v) is 22.9. The van der Waals surface area contributed by atoms with Gasteiger partial charge in [-0.2, -0.15) is 0 Å². The number of rotatable bonds is 8. The molecule has 40 heavy (non-hydrogen) atoms. The smallest absolute Gasteiger partial charge is 0.272 e. The van der Waals surface area contributed by atoms with E-state index in [4.69, 9.17) is 0 Å². The van der Waals surface area contributed by atoms with Crippen LogP contribution in [0.2, 0.25) is 0 Å². The number of carbonyl (C=O) groups is 3. The molecular weight excluding hydrogens is 518 g/mol. The van der Waals surface area contributed by atoms with E-state index >= 15 is 0 Å². The van der Waals surface area contributed by atoms with Crippen molar-refractivity contribution < 1.29 is 14.4 Å². The lowest BCUT2D eigenvalue weighted by Gasteiger charge is -2.17. The first-order valence-corrected chi connectivity index (χ1v) is 14.0. The number of thioether (sulfide) groups is 1. The molecule has 0 aromatic heterocycles. The van der Waals surface area contributed by atoms with Crippen LogP contribution in [-0.2, 0) is 16.0 Å². The number of para-hydroxylation sites is 1. The number of benzene rings is 4. The van der Waals surface area contributed by atoms with Crippen LogP contribution < -0.4 is 15.5 Å². The summed E-state index contributed by atoms with van der Waals surface area (Å²) in [6.07, 6.45) is 2.54. The average Bonchev–Trinajstić information content (AvgIpc) is 3.42. The molecule has 1 aliphatic rings. The van der Waals surface area contributed by atoms with Gasteiger partial charge in [-0.15, -0.1) is 11.8 Å². The summed E-state index contributed by atoms with van der Waals surface area (Å²) < 4.78 is 0. The van der Waals surface area contributed by atoms with Gasteiger partial charge in [0, 0.05) is 28.4 Å². The number of anilines is 2. The lowest BCUT2D eigenvalue weighted by molar-refractivity contribution is -0.116. The van der Waals surface area contributed by atoms with Crippen molar-refractivity contribution in [2.45, 2.75) is 18.2 Å². The van der Waals surface area contributed by atoms with E-state index in [9.17, 15) is 14.4 Å². The first-order valence-electron chi connectivity index (χ1n) is 13.0. The molecule has 200 valence electrons. The Labute approximate surface area is 238 Å². The molecule has 0 saturated carbocycles. The van der Waals surface area contributed by atoms with Crippen LogP contribution in [0.4, 0.5) is 11.4 Å². The van der Waals surface area contributed by atoms with Crippen LogP contribution in [0.25, 0.3) is 6.08 Å². The number of carbonyl (C=O) groups excluding carboxylic acids is 3. The number of hydrogen-bond acceptors (Lipinski definition) is 4. The maximum absolute atomic E-state index is 13.2. The molecule has 0 unspecified atom stereocenters. The van der Waals surface area contributed by atoms with Gasteiger partial charge in [-0.3, -0.25) is 14.4 Å². The molecule has 0 atom stereocenters. The third-order valence-electron chi connectivity index (χ3n) is 6.58. The Morgan fingerprint density at radius 3 is 2.30 bits per heavy atom. The van der Waals surface area contributed by atoms with E-state index in [1.165, 1.54) is 17.3 Å². The van der Waals surface area contributed by atoms with Gasteiger partial charge in [-0.25, -0.2) is 0 Å². The molecule has 3 amide bonds. The van der Waals surface area contributed by atoms with Gasteiger partial charge < -0.3 is 15.5 Å². The quantitative estimate of drug-likeness (QED) is 0.207. The van der Waals surface area contributed by atoms with Crippen molar-refractivity contribution in [2.75, 3.05) is 22.5 Å². The summed E-state index contributed by atoms with van der Waals surface area (Å²) in [5.74, 6) is -0.402. The predicted molar refractivity (Wildman–Crippen MR) is 161 cm³/mol. The van der Waals surface area contributed by atoms with Crippen LogP contribution in [0.5, 0.6) is 0 Å². The van der Waals surface area contributed by atoms with E-state index in [1.807, 2.05) is 72.5 Å². The zero-order valence-electron chi connectivity index (χ0n) is 22.1. The summed E-state index contributed by atoms with van der Waals surface area (Å²) in [5.41, 5.74) is 5.27. The van der Waals surface area contributed by atoms with Crippen molar-refractivity contribution in [3.8, 4) is 0 Å². The molecule has 0 fully saturated rings. The minimum atomic E-state index is -0.437. The summed E-state index contributed by atoms with van der Waals surface area (Å²) >= 11 is 1.46. The summed E-state index contributed by atoms with van der Waals surface area (Å²) in [6.45, 7) is 2.70. The fraction of sp³-hybridized carbons (Fsp3) is 0.121. The predicted octanol–water partition coefficient (Wildman–Crippen LogP) is 6.09. The van der Waals surface area contributed by atoms with Crippen LogP contribution in [-0.4, -0.2) is 30.0 Å². The van der Waals surface area contributed by atoms with E-state index in [0.717, 1.165) is 28.1 Å². The topological polar surface area (TPSA) is 78.5 Å². The minimum Gasteiger partial charge on any atom is -0.321 e. The fourth-order valence-corrected chi connectivity index (χ4v) is 5.20. The molecule has 1 heterocycles. The van der Waals surface area contributed by atoms with Crippen LogP contribution in [0.3, 0.4) is 0 Å². The van der Waals surface area contributed by atoms with Crippen LogP contribution in [0.15, 0.2) is 114 Å². The Bertz CT molecular complexity index is 1550. The standard InChI is InChI=1S/C33H29N3O3S/c1-23-11-13-24(14-12-23)21-29(35-32(38)26-8-3-2-4-9-26)33(39)34-27-15-17-28(18-16-27)40-22-31(37)36-20-19-25-7-5-6-10-30(25)36/h2-18,21H,19-20,22H2,1H3,(H,34,39)(H,35,38)/b29-21-. The summed E-state index contributed by atoms with van der Waals surface area (Å²) in [6, 6.07) is 31.8. The Kier molecular flexibility index (Phi) is 8.42. The number of nitrogens with zero attached hydrogens (tertiary/aromatic N) is 1. The molecule has 0 saturated heterocycles. The summed E-state index contributed by atoms with van der Waals surface area (Å²) in [4.78, 5) is 41.7. The van der Waals surface area contributed by atoms with Gasteiger partial charge in [0.2, 0.25) is 5.91 Å². The lowest BCUT2D eigenvalue weighted by Crippen LogP contribution is -2.30. The van der Waals surface area contributed by atoms with Gasteiger partial charge in [0.1, 0.15) is 5.70 Å². The molecule has 0 radical (unpaired) electrons. The van der Waals surface area contributed by atoms with Gasteiger partial charge in [0.25, 0.3) is 11.8 Å². The van der Waals surface area contributed by atoms with Crippen LogP contribution in [0.1, 0.15) is 27.0 Å². The van der Waals surface area contributed by atoms with Crippen molar-refractivity contribution in [2.24, 2.45) is 0 Å². The molecule has 0 aliphatic carbocycles. The van der Waals surface area contributed by atoms with Crippen LogP contribution in [0, 0.1) is 6.92 Å². The first kappa shape index (κ1) is 27.0. The average molecular weight is 548 g/mol. The minimum absolute atomic E-state index is 0.0763. The highest BCUT2D eigenvalue weighted by molar-refractivity contribution is 8.00. The maximum atomic E-state index is 13.2. The van der Waals surface area contributed by atoms with Crippen molar-refractivity contribution in [1.29, 1.82) is 0 Å². The summed E-state index contributed by atoms with van der Waals surface area (Å²) in [7, 11) is 0. The highest BCUT2D eigenvalue weighted by Crippen LogP contribution is 2.29. The van der Waals surface area contributed by atoms with Gasteiger partial charge in [0.15, 0.2) is 0 Å². The monoisotopic (exact) mass is 547 g/mol. The molecule has 4 aromatic carbocycles. The lowest BCUT2D eigenvalue weighted by atomic mass is 10.1. The molecular formula is C33H29N3O3S. The fourth-order valence-electron chi connectivity index (χ4n) is 4.42. The van der Waals surface area contributed by atoms with Crippen molar-refractivity contribution in [3.05, 3.63) is 131 Å². The third-order valence-corrected chi connectivity index (χ3v) is 7.58. The Morgan fingerprint density at radius 2 is 1.55 bits per heavy atom.